The summed E-state index contributed by atoms with van der Waals surface area (Å²) < 4.78 is 24.4. The molecule has 0 fully saturated rings. The van der Waals surface area contributed by atoms with Crippen molar-refractivity contribution in [1.29, 1.82) is 0 Å². The summed E-state index contributed by atoms with van der Waals surface area (Å²) in [6.07, 6.45) is 1.69. The molecule has 56 valence electrons. The van der Waals surface area contributed by atoms with Crippen molar-refractivity contribution in [3.8, 4) is 0 Å². The fraction of sp³-hybridized carbons (Fsp3) is 1.00. The Morgan fingerprint density at radius 2 is 2.11 bits per heavy atom. The highest BCUT2D eigenvalue weighted by molar-refractivity contribution is 7.98. The minimum Gasteiger partial charge on any atom is -0.325 e. The monoisotopic (exact) mass is 155 g/mol. The third-order valence-electron chi connectivity index (χ3n) is 0.971. The molecular weight excluding hydrogens is 144 g/mol. The molecule has 0 aliphatic heterocycles. The number of halogens is 2. The Labute approximate surface area is 58.0 Å². The molecule has 2 N–H and O–H groups in total. The number of hydrogen-bond acceptors (Lipinski definition) is 2. The van der Waals surface area contributed by atoms with Crippen molar-refractivity contribution >= 4 is 11.8 Å². The molecule has 1 nitrogen and oxygen atoms in total. The molecule has 0 saturated heterocycles. The van der Waals surface area contributed by atoms with Crippen molar-refractivity contribution in [2.24, 2.45) is 5.73 Å². The standard InChI is InChI=1S/C5H11F2NS/c1-9-3-2-5(6,7)4-8/h2-4,8H2,1H3. The second-order valence-corrected chi connectivity index (χ2v) is 2.79. The molecule has 4 heteroatoms. The molecule has 0 bridgehead atoms. The highest BCUT2D eigenvalue weighted by atomic mass is 32.2. The van der Waals surface area contributed by atoms with Crippen molar-refractivity contribution in [2.75, 3.05) is 18.6 Å². The molecule has 0 rings (SSSR count). The predicted molar refractivity (Wildman–Crippen MR) is 37.0 cm³/mol. The van der Waals surface area contributed by atoms with Gasteiger partial charge >= 0.3 is 0 Å². The number of hydrogen-bond donors (Lipinski definition) is 1. The molecule has 0 aromatic heterocycles. The van der Waals surface area contributed by atoms with E-state index in [1.54, 1.807) is 6.26 Å². The van der Waals surface area contributed by atoms with Gasteiger partial charge in [0.1, 0.15) is 0 Å². The molecule has 0 amide bonds. The van der Waals surface area contributed by atoms with Crippen LogP contribution in [0.4, 0.5) is 8.78 Å². The zero-order chi connectivity index (χ0) is 7.33. The van der Waals surface area contributed by atoms with Gasteiger partial charge < -0.3 is 5.73 Å². The van der Waals surface area contributed by atoms with Crippen molar-refractivity contribution in [3.05, 3.63) is 0 Å². The molecule has 0 saturated carbocycles. The van der Waals surface area contributed by atoms with E-state index < -0.39 is 12.5 Å². The van der Waals surface area contributed by atoms with E-state index >= 15 is 0 Å². The molecule has 9 heavy (non-hydrogen) atoms. The lowest BCUT2D eigenvalue weighted by atomic mass is 10.3. The summed E-state index contributed by atoms with van der Waals surface area (Å²) in [6.45, 7) is -0.534. The Bertz CT molecular complexity index is 77.4. The van der Waals surface area contributed by atoms with E-state index in [0.29, 0.717) is 5.75 Å². The van der Waals surface area contributed by atoms with Crippen molar-refractivity contribution in [2.45, 2.75) is 12.3 Å². The van der Waals surface area contributed by atoms with Gasteiger partial charge in [-0.15, -0.1) is 0 Å². The summed E-state index contributed by atoms with van der Waals surface area (Å²) in [4.78, 5) is 0. The predicted octanol–water partition coefficient (Wildman–Crippen LogP) is 1.33. The fourth-order valence-corrected chi connectivity index (χ4v) is 0.856. The second-order valence-electron chi connectivity index (χ2n) is 1.80. The number of thioether (sulfide) groups is 1. The van der Waals surface area contributed by atoms with Crippen LogP contribution in [0.1, 0.15) is 6.42 Å². The normalized spacial score (nSPS) is 12.0. The summed E-state index contributed by atoms with van der Waals surface area (Å²) >= 11 is 1.41. The maximum atomic E-state index is 12.2. The minimum atomic E-state index is -2.65. The Hall–Kier alpha value is 0.170. The summed E-state index contributed by atoms with van der Waals surface area (Å²) in [5, 5.41) is 0. The molecule has 0 atom stereocenters. The van der Waals surface area contributed by atoms with Crippen LogP contribution in [-0.2, 0) is 0 Å². The molecule has 0 spiro atoms. The van der Waals surface area contributed by atoms with E-state index in [-0.39, 0.29) is 6.42 Å². The van der Waals surface area contributed by atoms with E-state index in [0.717, 1.165) is 0 Å². The van der Waals surface area contributed by atoms with E-state index in [1.165, 1.54) is 11.8 Å². The molecule has 0 aliphatic carbocycles. The molecule has 0 aliphatic rings. The van der Waals surface area contributed by atoms with Gasteiger partial charge in [-0.1, -0.05) is 0 Å². The van der Waals surface area contributed by atoms with E-state index in [4.69, 9.17) is 5.73 Å². The van der Waals surface area contributed by atoms with Gasteiger partial charge in [0.2, 0.25) is 0 Å². The van der Waals surface area contributed by atoms with Crippen LogP contribution in [0, 0.1) is 0 Å². The van der Waals surface area contributed by atoms with Crippen LogP contribution in [0.5, 0.6) is 0 Å². The molecule has 0 aromatic rings. The van der Waals surface area contributed by atoms with Gasteiger partial charge in [-0.25, -0.2) is 8.78 Å². The Kier molecular flexibility index (Phi) is 4.14. The average molecular weight is 155 g/mol. The van der Waals surface area contributed by atoms with E-state index in [1.807, 2.05) is 0 Å². The first-order chi connectivity index (χ1) is 4.12. The van der Waals surface area contributed by atoms with Gasteiger partial charge in [0, 0.05) is 6.42 Å². The minimum absolute atomic E-state index is 0.106. The third-order valence-corrected chi connectivity index (χ3v) is 1.58. The van der Waals surface area contributed by atoms with Crippen LogP contribution < -0.4 is 5.73 Å². The maximum absolute atomic E-state index is 12.2. The number of alkyl halides is 2. The molecular formula is C5H11F2NS. The van der Waals surface area contributed by atoms with Crippen molar-refractivity contribution in [3.63, 3.8) is 0 Å². The lowest BCUT2D eigenvalue weighted by Crippen LogP contribution is -2.28. The van der Waals surface area contributed by atoms with Crippen molar-refractivity contribution in [1.82, 2.24) is 0 Å². The van der Waals surface area contributed by atoms with E-state index in [9.17, 15) is 8.78 Å². The third kappa shape index (κ3) is 4.66. The Morgan fingerprint density at radius 1 is 1.56 bits per heavy atom. The highest BCUT2D eigenvalue weighted by Crippen LogP contribution is 2.17. The smallest absolute Gasteiger partial charge is 0.260 e. The van der Waals surface area contributed by atoms with Crippen LogP contribution >= 0.6 is 11.8 Å². The molecule has 0 heterocycles. The van der Waals surface area contributed by atoms with Gasteiger partial charge in [0.25, 0.3) is 5.92 Å². The largest absolute Gasteiger partial charge is 0.325 e. The maximum Gasteiger partial charge on any atom is 0.260 e. The first-order valence-electron chi connectivity index (χ1n) is 2.69. The summed E-state index contributed by atoms with van der Waals surface area (Å²) in [5.74, 6) is -2.17. The molecule has 0 unspecified atom stereocenters. The Balaban J connectivity index is 3.33. The van der Waals surface area contributed by atoms with Gasteiger partial charge in [-0.05, 0) is 12.0 Å². The van der Waals surface area contributed by atoms with Crippen LogP contribution in [0.2, 0.25) is 0 Å². The molecule has 0 aromatic carbocycles. The summed E-state index contributed by atoms with van der Waals surface area (Å²) in [7, 11) is 0. The van der Waals surface area contributed by atoms with Gasteiger partial charge in [0.05, 0.1) is 6.54 Å². The molecule has 0 radical (unpaired) electrons. The van der Waals surface area contributed by atoms with Crippen molar-refractivity contribution < 1.29 is 8.78 Å². The zero-order valence-corrected chi connectivity index (χ0v) is 6.18. The highest BCUT2D eigenvalue weighted by Gasteiger charge is 2.25. The quantitative estimate of drug-likeness (QED) is 0.663. The number of nitrogens with two attached hydrogens (primary N) is 1. The van der Waals surface area contributed by atoms with Gasteiger partial charge in [0.15, 0.2) is 0 Å². The summed E-state index contributed by atoms with van der Waals surface area (Å²) in [6, 6.07) is 0. The second kappa shape index (κ2) is 4.06. The first kappa shape index (κ1) is 9.17. The van der Waals surface area contributed by atoms with Gasteiger partial charge in [-0.3, -0.25) is 0 Å². The number of rotatable bonds is 4. The van der Waals surface area contributed by atoms with Crippen LogP contribution in [0.3, 0.4) is 0 Å². The lowest BCUT2D eigenvalue weighted by Gasteiger charge is -2.11. The van der Waals surface area contributed by atoms with Crippen LogP contribution in [0.15, 0.2) is 0 Å². The zero-order valence-electron chi connectivity index (χ0n) is 5.36. The van der Waals surface area contributed by atoms with E-state index in [2.05, 4.69) is 0 Å². The summed E-state index contributed by atoms with van der Waals surface area (Å²) in [5.41, 5.74) is 4.79. The van der Waals surface area contributed by atoms with Crippen LogP contribution in [0.25, 0.3) is 0 Å². The topological polar surface area (TPSA) is 26.0 Å². The lowest BCUT2D eigenvalue weighted by molar-refractivity contribution is 0.00838. The van der Waals surface area contributed by atoms with Gasteiger partial charge in [-0.2, -0.15) is 11.8 Å². The van der Waals surface area contributed by atoms with Crippen LogP contribution in [-0.4, -0.2) is 24.5 Å². The first-order valence-corrected chi connectivity index (χ1v) is 4.08. The fourth-order valence-electron chi connectivity index (χ4n) is 0.353. The average Bonchev–Trinajstić information content (AvgIpc) is 1.84. The Morgan fingerprint density at radius 3 is 2.44 bits per heavy atom. The SMILES string of the molecule is CSCCC(F)(F)CN.